The van der Waals surface area contributed by atoms with Gasteiger partial charge < -0.3 is 5.32 Å². The normalized spacial score (nSPS) is 15.5. The number of nitrogens with one attached hydrogen (secondary N) is 1. The number of pyridine rings is 1. The highest BCUT2D eigenvalue weighted by atomic mass is 32.2. The highest BCUT2D eigenvalue weighted by molar-refractivity contribution is 8.03. The number of ketones is 2. The minimum Gasteiger partial charge on any atom is -0.353 e. The molecule has 1 N–H and O–H groups in total. The molecule has 0 amide bonds. The molecule has 1 aliphatic heterocycles. The molecule has 0 radical (unpaired) electrons. The molecule has 34 heavy (non-hydrogen) atoms. The number of benzene rings is 2. The van der Waals surface area contributed by atoms with Crippen LogP contribution in [-0.4, -0.2) is 22.3 Å². The van der Waals surface area contributed by atoms with Gasteiger partial charge in [-0.15, -0.1) is 0 Å². The maximum absolute atomic E-state index is 12.9. The number of hydrogen-bond acceptors (Lipinski definition) is 6. The number of allylic oxidation sites excluding steroid dienone is 3. The fraction of sp³-hybridized carbons (Fsp3) is 0.143. The predicted molar refractivity (Wildman–Crippen MR) is 135 cm³/mol. The lowest BCUT2D eigenvalue weighted by Crippen LogP contribution is -2.27. The van der Waals surface area contributed by atoms with E-state index in [4.69, 9.17) is 0 Å². The number of Topliss-reactive ketones (excluding diaryl/α,β-unsaturated/α-hetero) is 2. The summed E-state index contributed by atoms with van der Waals surface area (Å²) in [5, 5.41) is 13.8. The molecule has 4 rings (SSSR count). The summed E-state index contributed by atoms with van der Waals surface area (Å²) in [5.41, 5.74) is 5.16. The summed E-state index contributed by atoms with van der Waals surface area (Å²) in [6, 6.07) is 23.4. The first-order chi connectivity index (χ1) is 16.5. The van der Waals surface area contributed by atoms with Crippen molar-refractivity contribution in [3.63, 3.8) is 0 Å². The lowest BCUT2D eigenvalue weighted by molar-refractivity contribution is -0.113. The van der Waals surface area contributed by atoms with E-state index in [2.05, 4.69) is 16.4 Å². The molecular formula is C28H23N3O2S. The molecule has 6 heteroatoms. The number of rotatable bonds is 7. The van der Waals surface area contributed by atoms with Crippen LogP contribution in [0.5, 0.6) is 0 Å². The van der Waals surface area contributed by atoms with Gasteiger partial charge in [0.2, 0.25) is 0 Å². The number of aromatic nitrogens is 1. The molecule has 3 aromatic rings. The summed E-state index contributed by atoms with van der Waals surface area (Å²) in [4.78, 5) is 29.5. The van der Waals surface area contributed by atoms with Gasteiger partial charge in [0.25, 0.3) is 0 Å². The zero-order chi connectivity index (χ0) is 24.1. The van der Waals surface area contributed by atoms with Crippen LogP contribution in [0, 0.1) is 11.3 Å². The van der Waals surface area contributed by atoms with Crippen LogP contribution in [0.3, 0.4) is 0 Å². The van der Waals surface area contributed by atoms with Crippen LogP contribution in [0.2, 0.25) is 0 Å². The van der Waals surface area contributed by atoms with Gasteiger partial charge in [-0.25, -0.2) is 0 Å². The van der Waals surface area contributed by atoms with E-state index in [9.17, 15) is 14.9 Å². The minimum absolute atomic E-state index is 0.0341. The lowest BCUT2D eigenvalue weighted by Gasteiger charge is -2.29. The second-order valence-corrected chi connectivity index (χ2v) is 8.93. The lowest BCUT2D eigenvalue weighted by atomic mass is 9.81. The summed E-state index contributed by atoms with van der Waals surface area (Å²) >= 11 is 1.28. The fourth-order valence-corrected chi connectivity index (χ4v) is 5.06. The number of nitrogens with zero attached hydrogens (tertiary/aromatic N) is 2. The van der Waals surface area contributed by atoms with Crippen LogP contribution in [0.25, 0.3) is 11.1 Å². The monoisotopic (exact) mass is 465 g/mol. The smallest absolute Gasteiger partial charge is 0.173 e. The van der Waals surface area contributed by atoms with Crippen molar-refractivity contribution >= 4 is 23.3 Å². The van der Waals surface area contributed by atoms with Crippen LogP contribution in [-0.2, 0) is 4.79 Å². The van der Waals surface area contributed by atoms with Crippen molar-refractivity contribution in [3.8, 4) is 17.2 Å². The van der Waals surface area contributed by atoms with E-state index >= 15 is 0 Å². The molecule has 2 aromatic carbocycles. The van der Waals surface area contributed by atoms with Crippen molar-refractivity contribution in [2.75, 3.05) is 5.75 Å². The molecule has 0 spiro atoms. The number of nitriles is 1. The molecule has 5 nitrogen and oxygen atoms in total. The van der Waals surface area contributed by atoms with Gasteiger partial charge in [-0.05, 0) is 36.6 Å². The second-order valence-electron chi connectivity index (χ2n) is 7.95. The number of carbonyl (C=O) groups is 2. The van der Waals surface area contributed by atoms with Crippen molar-refractivity contribution in [2.24, 2.45) is 0 Å². The van der Waals surface area contributed by atoms with E-state index in [1.165, 1.54) is 18.7 Å². The Morgan fingerprint density at radius 2 is 1.74 bits per heavy atom. The Kier molecular flexibility index (Phi) is 7.05. The molecule has 0 fully saturated rings. The third-order valence-corrected chi connectivity index (χ3v) is 6.72. The first-order valence-electron chi connectivity index (χ1n) is 10.8. The van der Waals surface area contributed by atoms with Gasteiger partial charge in [-0.3, -0.25) is 14.6 Å². The maximum atomic E-state index is 12.9. The molecule has 0 saturated heterocycles. The van der Waals surface area contributed by atoms with Crippen molar-refractivity contribution in [1.82, 2.24) is 10.3 Å². The third kappa shape index (κ3) is 4.85. The minimum atomic E-state index is -0.514. The quantitative estimate of drug-likeness (QED) is 0.454. The highest BCUT2D eigenvalue weighted by Crippen LogP contribution is 2.40. The Hall–Kier alpha value is -3.95. The maximum Gasteiger partial charge on any atom is 0.173 e. The first-order valence-corrected chi connectivity index (χ1v) is 11.8. The van der Waals surface area contributed by atoms with Crippen LogP contribution < -0.4 is 5.32 Å². The molecule has 168 valence electrons. The van der Waals surface area contributed by atoms with Crippen molar-refractivity contribution in [1.29, 1.82) is 5.26 Å². The summed E-state index contributed by atoms with van der Waals surface area (Å²) in [5.74, 6) is -0.487. The summed E-state index contributed by atoms with van der Waals surface area (Å²) in [6.07, 6.45) is 3.33. The molecule has 0 aliphatic carbocycles. The Labute approximate surface area is 203 Å². The standard InChI is InChI=1S/C28H23N3O2S/c1-18-26(19(2)32)27(23-9-6-14-30-16-23)24(15-29)28(31-18)34-17-25(33)22-12-10-21(11-13-22)20-7-4-3-5-8-20/h3-14,16,27,31H,17H2,1-2H3/t27-/m0/s1. The summed E-state index contributed by atoms with van der Waals surface area (Å²) < 4.78 is 0. The average molecular weight is 466 g/mol. The van der Waals surface area contributed by atoms with Gasteiger partial charge in [0.1, 0.15) is 0 Å². The number of carbonyl (C=O) groups excluding carboxylic acids is 2. The zero-order valence-electron chi connectivity index (χ0n) is 18.9. The number of hydrogen-bond donors (Lipinski definition) is 1. The Morgan fingerprint density at radius 3 is 2.35 bits per heavy atom. The van der Waals surface area contributed by atoms with E-state index in [0.717, 1.165) is 16.7 Å². The van der Waals surface area contributed by atoms with Crippen LogP contribution in [0.4, 0.5) is 0 Å². The van der Waals surface area contributed by atoms with Gasteiger partial charge in [-0.2, -0.15) is 5.26 Å². The third-order valence-electron chi connectivity index (χ3n) is 5.71. The molecule has 1 atom stereocenters. The predicted octanol–water partition coefficient (Wildman–Crippen LogP) is 5.65. The van der Waals surface area contributed by atoms with E-state index in [-0.39, 0.29) is 17.3 Å². The van der Waals surface area contributed by atoms with E-state index < -0.39 is 5.92 Å². The van der Waals surface area contributed by atoms with Crippen molar-refractivity contribution in [3.05, 3.63) is 112 Å². The summed E-state index contributed by atoms with van der Waals surface area (Å²) in [6.45, 7) is 3.32. The Bertz CT molecular complexity index is 1320. The molecule has 0 saturated carbocycles. The molecule has 0 unspecified atom stereocenters. The highest BCUT2D eigenvalue weighted by Gasteiger charge is 2.33. The van der Waals surface area contributed by atoms with Crippen molar-refractivity contribution in [2.45, 2.75) is 19.8 Å². The topological polar surface area (TPSA) is 82.9 Å². The van der Waals surface area contributed by atoms with Gasteiger partial charge in [-0.1, -0.05) is 72.4 Å². The van der Waals surface area contributed by atoms with Gasteiger partial charge in [0, 0.05) is 29.2 Å². The largest absolute Gasteiger partial charge is 0.353 e. The van der Waals surface area contributed by atoms with Crippen LogP contribution in [0.15, 0.2) is 101 Å². The van der Waals surface area contributed by atoms with Gasteiger partial charge in [0.15, 0.2) is 11.6 Å². The molecule has 0 bridgehead atoms. The molecule has 2 heterocycles. The average Bonchev–Trinajstić information content (AvgIpc) is 2.87. The molecule has 1 aromatic heterocycles. The zero-order valence-corrected chi connectivity index (χ0v) is 19.7. The van der Waals surface area contributed by atoms with Crippen molar-refractivity contribution < 1.29 is 9.59 Å². The van der Waals surface area contributed by atoms with Gasteiger partial charge in [0.05, 0.1) is 28.3 Å². The van der Waals surface area contributed by atoms with Crippen LogP contribution >= 0.6 is 11.8 Å². The summed E-state index contributed by atoms with van der Waals surface area (Å²) in [7, 11) is 0. The Morgan fingerprint density at radius 1 is 1.03 bits per heavy atom. The second kappa shape index (κ2) is 10.3. The van der Waals surface area contributed by atoms with E-state index in [1.807, 2.05) is 67.6 Å². The SMILES string of the molecule is CC(=O)C1=C(C)NC(SCC(=O)c2ccc(-c3ccccc3)cc2)=C(C#N)[C@@H]1c1cccnc1. The number of dihydropyridines is 1. The first kappa shape index (κ1) is 23.2. The van der Waals surface area contributed by atoms with Crippen LogP contribution in [0.1, 0.15) is 35.7 Å². The van der Waals surface area contributed by atoms with Gasteiger partial charge >= 0.3 is 0 Å². The van der Waals surface area contributed by atoms with E-state index in [1.54, 1.807) is 18.5 Å². The van der Waals surface area contributed by atoms with E-state index in [0.29, 0.717) is 27.4 Å². The Balaban J connectivity index is 1.56. The number of thioether (sulfide) groups is 1. The molecular weight excluding hydrogens is 442 g/mol. The molecule has 1 aliphatic rings. The fourth-order valence-electron chi connectivity index (χ4n) is 4.07.